The normalized spacial score (nSPS) is 25.7. The minimum absolute atomic E-state index is 0.110. The van der Waals surface area contributed by atoms with Crippen molar-refractivity contribution in [1.82, 2.24) is 9.80 Å². The van der Waals surface area contributed by atoms with Crippen LogP contribution in [-0.2, 0) is 6.54 Å². The zero-order valence-corrected chi connectivity index (χ0v) is 14.1. The number of carbonyl (C=O) groups is 1. The summed E-state index contributed by atoms with van der Waals surface area (Å²) in [5.74, 6) is 0.335. The molecule has 0 aliphatic carbocycles. The number of aliphatic hydroxyl groups excluding tert-OH is 1. The van der Waals surface area contributed by atoms with E-state index in [0.717, 1.165) is 24.9 Å². The molecule has 23 heavy (non-hydrogen) atoms. The van der Waals surface area contributed by atoms with Crippen LogP contribution in [0.3, 0.4) is 0 Å². The van der Waals surface area contributed by atoms with Gasteiger partial charge in [0.2, 0.25) is 0 Å². The molecule has 4 nitrogen and oxygen atoms in total. The van der Waals surface area contributed by atoms with Crippen LogP contribution in [0.25, 0.3) is 0 Å². The van der Waals surface area contributed by atoms with E-state index in [9.17, 15) is 9.90 Å². The van der Waals surface area contributed by atoms with Crippen LogP contribution in [0.1, 0.15) is 48.5 Å². The largest absolute Gasteiger partial charge is 0.396 e. The van der Waals surface area contributed by atoms with Gasteiger partial charge in [0.1, 0.15) is 0 Å². The highest BCUT2D eigenvalue weighted by Crippen LogP contribution is 2.24. The molecule has 2 saturated heterocycles. The second-order valence-corrected chi connectivity index (χ2v) is 7.12. The lowest BCUT2D eigenvalue weighted by atomic mass is 9.93. The summed E-state index contributed by atoms with van der Waals surface area (Å²) in [4.78, 5) is 17.3. The van der Waals surface area contributed by atoms with Crippen molar-refractivity contribution >= 4 is 5.91 Å². The van der Waals surface area contributed by atoms with E-state index < -0.39 is 0 Å². The molecular weight excluding hydrogens is 288 g/mol. The van der Waals surface area contributed by atoms with Gasteiger partial charge in [-0.25, -0.2) is 0 Å². The third kappa shape index (κ3) is 3.93. The molecule has 1 N–H and O–H groups in total. The highest BCUT2D eigenvalue weighted by molar-refractivity contribution is 5.94. The summed E-state index contributed by atoms with van der Waals surface area (Å²) >= 11 is 0. The quantitative estimate of drug-likeness (QED) is 0.928. The number of hydrogen-bond acceptors (Lipinski definition) is 3. The first kappa shape index (κ1) is 16.5. The zero-order valence-electron chi connectivity index (χ0n) is 14.1. The fourth-order valence-electron chi connectivity index (χ4n) is 3.78. The molecule has 4 heteroatoms. The maximum absolute atomic E-state index is 12.9. The van der Waals surface area contributed by atoms with Crippen LogP contribution < -0.4 is 0 Å². The van der Waals surface area contributed by atoms with Crippen LogP contribution in [0.5, 0.6) is 0 Å². The number of piperidine rings is 1. The smallest absolute Gasteiger partial charge is 0.254 e. The predicted octanol–water partition coefficient (Wildman–Crippen LogP) is 2.52. The fourth-order valence-corrected chi connectivity index (χ4v) is 3.78. The second-order valence-electron chi connectivity index (χ2n) is 7.12. The van der Waals surface area contributed by atoms with Crippen molar-refractivity contribution in [2.45, 2.75) is 45.2 Å². The van der Waals surface area contributed by atoms with Crippen LogP contribution in [0.15, 0.2) is 24.3 Å². The Balaban J connectivity index is 1.70. The first-order valence-corrected chi connectivity index (χ1v) is 8.90. The van der Waals surface area contributed by atoms with Crippen molar-refractivity contribution in [3.8, 4) is 0 Å². The van der Waals surface area contributed by atoms with E-state index >= 15 is 0 Å². The van der Waals surface area contributed by atoms with E-state index in [0.29, 0.717) is 6.54 Å². The SMILES string of the molecule is CC1CCC(CO)CN1C(=O)c1cccc(CN2CCCC2)c1. The number of aliphatic hydroxyl groups is 1. The molecule has 0 radical (unpaired) electrons. The number of hydrogen-bond donors (Lipinski definition) is 1. The maximum atomic E-state index is 12.9. The van der Waals surface area contributed by atoms with E-state index in [1.165, 1.54) is 31.5 Å². The summed E-state index contributed by atoms with van der Waals surface area (Å²) < 4.78 is 0. The standard InChI is InChI=1S/C19H28N2O2/c1-15-7-8-17(14-22)13-21(15)19(23)18-6-4-5-16(11-18)12-20-9-2-3-10-20/h4-6,11,15,17,22H,2-3,7-10,12-14H2,1H3. The molecule has 0 saturated carbocycles. The lowest BCUT2D eigenvalue weighted by Crippen LogP contribution is -2.46. The van der Waals surface area contributed by atoms with E-state index in [1.807, 2.05) is 17.0 Å². The van der Waals surface area contributed by atoms with Gasteiger partial charge in [-0.15, -0.1) is 0 Å². The van der Waals surface area contributed by atoms with Crippen LogP contribution in [0.4, 0.5) is 0 Å². The number of likely N-dealkylation sites (tertiary alicyclic amines) is 2. The highest BCUT2D eigenvalue weighted by Gasteiger charge is 2.29. The van der Waals surface area contributed by atoms with Gasteiger partial charge in [-0.05, 0) is 69.3 Å². The Kier molecular flexibility index (Phi) is 5.34. The number of carbonyl (C=O) groups excluding carboxylic acids is 1. The monoisotopic (exact) mass is 316 g/mol. The van der Waals surface area contributed by atoms with Gasteiger partial charge in [0.05, 0.1) is 0 Å². The summed E-state index contributed by atoms with van der Waals surface area (Å²) in [5.41, 5.74) is 2.01. The van der Waals surface area contributed by atoms with Crippen molar-refractivity contribution in [3.05, 3.63) is 35.4 Å². The molecule has 2 heterocycles. The Labute approximate surface area is 139 Å². The summed E-state index contributed by atoms with van der Waals surface area (Å²) in [7, 11) is 0. The molecular formula is C19H28N2O2. The van der Waals surface area contributed by atoms with Gasteiger partial charge in [0.25, 0.3) is 5.91 Å². The Morgan fingerprint density at radius 2 is 2.04 bits per heavy atom. The molecule has 0 spiro atoms. The summed E-state index contributed by atoms with van der Waals surface area (Å²) in [6, 6.07) is 8.34. The molecule has 2 aliphatic heterocycles. The molecule has 2 aliphatic rings. The Morgan fingerprint density at radius 1 is 1.26 bits per heavy atom. The number of amides is 1. The topological polar surface area (TPSA) is 43.8 Å². The van der Waals surface area contributed by atoms with Gasteiger partial charge in [0.15, 0.2) is 0 Å². The molecule has 2 atom stereocenters. The fraction of sp³-hybridized carbons (Fsp3) is 0.632. The van der Waals surface area contributed by atoms with Gasteiger partial charge >= 0.3 is 0 Å². The molecule has 0 aromatic heterocycles. The molecule has 1 amide bonds. The van der Waals surface area contributed by atoms with E-state index in [1.54, 1.807) is 0 Å². The van der Waals surface area contributed by atoms with Gasteiger partial charge in [0, 0.05) is 31.3 Å². The molecule has 126 valence electrons. The average molecular weight is 316 g/mol. The van der Waals surface area contributed by atoms with Crippen LogP contribution in [0, 0.1) is 5.92 Å². The zero-order chi connectivity index (χ0) is 16.2. The third-order valence-corrected chi connectivity index (χ3v) is 5.28. The molecule has 1 aromatic rings. The van der Waals surface area contributed by atoms with Crippen molar-refractivity contribution in [2.24, 2.45) is 5.92 Å². The minimum atomic E-state index is 0.110. The van der Waals surface area contributed by atoms with Gasteiger partial charge in [-0.3, -0.25) is 9.69 Å². The summed E-state index contributed by atoms with van der Waals surface area (Å²) in [5, 5.41) is 9.41. The van der Waals surface area contributed by atoms with E-state index in [-0.39, 0.29) is 24.5 Å². The Bertz CT molecular complexity index is 540. The van der Waals surface area contributed by atoms with Gasteiger partial charge in [-0.2, -0.15) is 0 Å². The Morgan fingerprint density at radius 3 is 2.78 bits per heavy atom. The van der Waals surface area contributed by atoms with E-state index in [4.69, 9.17) is 0 Å². The van der Waals surface area contributed by atoms with E-state index in [2.05, 4.69) is 24.0 Å². The van der Waals surface area contributed by atoms with Crippen LogP contribution in [0.2, 0.25) is 0 Å². The summed E-state index contributed by atoms with van der Waals surface area (Å²) in [6.07, 6.45) is 4.56. The molecule has 3 rings (SSSR count). The minimum Gasteiger partial charge on any atom is -0.396 e. The second kappa shape index (κ2) is 7.45. The third-order valence-electron chi connectivity index (χ3n) is 5.28. The predicted molar refractivity (Wildman–Crippen MR) is 91.3 cm³/mol. The lowest BCUT2D eigenvalue weighted by molar-refractivity contribution is 0.0488. The van der Waals surface area contributed by atoms with Crippen molar-refractivity contribution in [2.75, 3.05) is 26.2 Å². The molecule has 2 fully saturated rings. The Hall–Kier alpha value is -1.39. The first-order valence-electron chi connectivity index (χ1n) is 8.90. The number of benzene rings is 1. The number of nitrogens with zero attached hydrogens (tertiary/aromatic N) is 2. The van der Waals surface area contributed by atoms with Crippen LogP contribution >= 0.6 is 0 Å². The summed E-state index contributed by atoms with van der Waals surface area (Å²) in [6.45, 7) is 6.23. The van der Waals surface area contributed by atoms with Crippen molar-refractivity contribution < 1.29 is 9.90 Å². The lowest BCUT2D eigenvalue weighted by Gasteiger charge is -2.37. The number of rotatable bonds is 4. The molecule has 2 unspecified atom stereocenters. The van der Waals surface area contributed by atoms with Crippen molar-refractivity contribution in [1.29, 1.82) is 0 Å². The van der Waals surface area contributed by atoms with Gasteiger partial charge in [-0.1, -0.05) is 12.1 Å². The average Bonchev–Trinajstić information content (AvgIpc) is 3.08. The maximum Gasteiger partial charge on any atom is 0.254 e. The molecule has 1 aromatic carbocycles. The first-order chi connectivity index (χ1) is 11.2. The van der Waals surface area contributed by atoms with Crippen molar-refractivity contribution in [3.63, 3.8) is 0 Å². The molecule has 0 bridgehead atoms. The van der Waals surface area contributed by atoms with Gasteiger partial charge < -0.3 is 10.0 Å². The van der Waals surface area contributed by atoms with Crippen LogP contribution in [-0.4, -0.2) is 53.1 Å². The highest BCUT2D eigenvalue weighted by atomic mass is 16.3.